The van der Waals surface area contributed by atoms with E-state index in [-0.39, 0.29) is 18.2 Å². The third kappa shape index (κ3) is 5.31. The van der Waals surface area contributed by atoms with Gasteiger partial charge in [-0.15, -0.1) is 0 Å². The van der Waals surface area contributed by atoms with Crippen molar-refractivity contribution in [2.24, 2.45) is 0 Å². The normalized spacial score (nSPS) is 11.7. The Bertz CT molecular complexity index is 749. The highest BCUT2D eigenvalue weighted by Crippen LogP contribution is 2.19. The molecule has 0 aliphatic carbocycles. The molecule has 0 bridgehead atoms. The zero-order valence-electron chi connectivity index (χ0n) is 14.1. The Morgan fingerprint density at radius 3 is 2.40 bits per heavy atom. The largest absolute Gasteiger partial charge is 0.357 e. The number of hydrogen-bond donors (Lipinski definition) is 1. The molecule has 0 saturated carbocycles. The van der Waals surface area contributed by atoms with Crippen molar-refractivity contribution in [1.29, 1.82) is 0 Å². The molecule has 0 aliphatic rings. The lowest BCUT2D eigenvalue weighted by Crippen LogP contribution is -2.47. The molecule has 25 heavy (non-hydrogen) atoms. The Morgan fingerprint density at radius 2 is 1.80 bits per heavy atom. The van der Waals surface area contributed by atoms with Crippen molar-refractivity contribution in [2.45, 2.75) is 25.9 Å². The van der Waals surface area contributed by atoms with E-state index in [2.05, 4.69) is 21.2 Å². The number of carbonyl (C=O) groups is 2. The number of carbonyl (C=O) groups excluding carboxylic acids is 2. The van der Waals surface area contributed by atoms with Crippen molar-refractivity contribution in [3.05, 3.63) is 69.2 Å². The van der Waals surface area contributed by atoms with Gasteiger partial charge in [-0.1, -0.05) is 57.9 Å². The van der Waals surface area contributed by atoms with E-state index in [1.165, 1.54) is 0 Å². The summed E-state index contributed by atoms with van der Waals surface area (Å²) in [5, 5.41) is 3.15. The van der Waals surface area contributed by atoms with Gasteiger partial charge in [0.05, 0.1) is 6.42 Å². The average Bonchev–Trinajstić information content (AvgIpc) is 2.61. The zero-order chi connectivity index (χ0) is 18.4. The molecule has 0 spiro atoms. The second-order valence-electron chi connectivity index (χ2n) is 5.71. The highest BCUT2D eigenvalue weighted by Gasteiger charge is 2.25. The van der Waals surface area contributed by atoms with E-state index in [1.54, 1.807) is 24.9 Å². The predicted molar refractivity (Wildman–Crippen MR) is 103 cm³/mol. The van der Waals surface area contributed by atoms with Crippen LogP contribution in [0.5, 0.6) is 0 Å². The second kappa shape index (κ2) is 9.02. The molecule has 0 aromatic heterocycles. The summed E-state index contributed by atoms with van der Waals surface area (Å²) < 4.78 is 0.963. The minimum Gasteiger partial charge on any atom is -0.357 e. The number of amides is 2. The number of hydrogen-bond acceptors (Lipinski definition) is 2. The van der Waals surface area contributed by atoms with E-state index in [9.17, 15) is 9.59 Å². The van der Waals surface area contributed by atoms with Crippen LogP contribution in [0.2, 0.25) is 5.02 Å². The van der Waals surface area contributed by atoms with Gasteiger partial charge in [0.2, 0.25) is 11.8 Å². The predicted octanol–water partition coefficient (Wildman–Crippen LogP) is 3.81. The van der Waals surface area contributed by atoms with Gasteiger partial charge >= 0.3 is 0 Å². The van der Waals surface area contributed by atoms with Gasteiger partial charge < -0.3 is 10.2 Å². The summed E-state index contributed by atoms with van der Waals surface area (Å²) in [6.45, 7) is 2.08. The summed E-state index contributed by atoms with van der Waals surface area (Å²) in [5.41, 5.74) is 1.70. The van der Waals surface area contributed by atoms with Gasteiger partial charge in [-0.3, -0.25) is 9.59 Å². The van der Waals surface area contributed by atoms with Crippen molar-refractivity contribution in [2.75, 3.05) is 7.05 Å². The highest BCUT2D eigenvalue weighted by molar-refractivity contribution is 9.10. The fourth-order valence-electron chi connectivity index (χ4n) is 2.48. The number of nitrogens with one attached hydrogen (secondary N) is 1. The molecule has 0 saturated heterocycles. The van der Waals surface area contributed by atoms with Gasteiger partial charge in [0.15, 0.2) is 0 Å². The first-order chi connectivity index (χ1) is 11.9. The second-order valence-corrected chi connectivity index (χ2v) is 7.03. The molecule has 0 unspecified atom stereocenters. The summed E-state index contributed by atoms with van der Waals surface area (Å²) in [4.78, 5) is 26.5. The van der Waals surface area contributed by atoms with E-state index in [0.717, 1.165) is 15.6 Å². The van der Waals surface area contributed by atoms with Crippen LogP contribution in [0.1, 0.15) is 18.1 Å². The molecule has 0 heterocycles. The average molecular weight is 424 g/mol. The Morgan fingerprint density at radius 1 is 1.16 bits per heavy atom. The molecule has 0 radical (unpaired) electrons. The van der Waals surface area contributed by atoms with E-state index in [4.69, 9.17) is 11.6 Å². The summed E-state index contributed by atoms with van der Waals surface area (Å²) in [7, 11) is 1.56. The fourth-order valence-corrected chi connectivity index (χ4v) is 2.95. The molecular formula is C19H20BrClN2O2. The summed E-state index contributed by atoms with van der Waals surface area (Å²) in [6.07, 6.45) is 0.150. The van der Waals surface area contributed by atoms with E-state index in [1.807, 2.05) is 42.5 Å². The van der Waals surface area contributed by atoms with Crippen LogP contribution >= 0.6 is 27.5 Å². The SMILES string of the molecule is CNC(=O)[C@@H](C)N(Cc1ccc(Br)cc1)C(=O)Cc1ccccc1Cl. The third-order valence-electron chi connectivity index (χ3n) is 3.98. The van der Waals surface area contributed by atoms with Gasteiger partial charge in [0, 0.05) is 23.1 Å². The molecule has 6 heteroatoms. The lowest BCUT2D eigenvalue weighted by molar-refractivity contribution is -0.139. The number of likely N-dealkylation sites (N-methyl/N-ethyl adjacent to an activating group) is 1. The first-order valence-electron chi connectivity index (χ1n) is 7.91. The summed E-state index contributed by atoms with van der Waals surface area (Å²) in [5.74, 6) is -0.350. The Hall–Kier alpha value is -1.85. The number of benzene rings is 2. The van der Waals surface area contributed by atoms with Gasteiger partial charge in [0.25, 0.3) is 0 Å². The maximum Gasteiger partial charge on any atom is 0.242 e. The molecule has 4 nitrogen and oxygen atoms in total. The minimum absolute atomic E-state index is 0.146. The highest BCUT2D eigenvalue weighted by atomic mass is 79.9. The monoisotopic (exact) mass is 422 g/mol. The van der Waals surface area contributed by atoms with Gasteiger partial charge in [0.1, 0.15) is 6.04 Å². The topological polar surface area (TPSA) is 49.4 Å². The van der Waals surface area contributed by atoms with Crippen molar-refractivity contribution in [3.8, 4) is 0 Å². The molecule has 132 valence electrons. The van der Waals surface area contributed by atoms with Crippen LogP contribution < -0.4 is 5.32 Å². The Kier molecular flexibility index (Phi) is 7.02. The molecule has 2 aromatic carbocycles. The van der Waals surface area contributed by atoms with Gasteiger partial charge in [-0.2, -0.15) is 0 Å². The molecule has 2 amide bonds. The van der Waals surface area contributed by atoms with Crippen LogP contribution in [0.4, 0.5) is 0 Å². The first kappa shape index (κ1) is 19.5. The standard InChI is InChI=1S/C19H20BrClN2O2/c1-13(19(25)22-2)23(12-14-7-9-16(20)10-8-14)18(24)11-15-5-3-4-6-17(15)21/h3-10,13H,11-12H2,1-2H3,(H,22,25)/t13-/m1/s1. The number of nitrogens with zero attached hydrogens (tertiary/aromatic N) is 1. The van der Waals surface area contributed by atoms with E-state index >= 15 is 0 Å². The Labute approximate surface area is 161 Å². The van der Waals surface area contributed by atoms with Crippen LogP contribution in [-0.4, -0.2) is 29.8 Å². The molecular weight excluding hydrogens is 404 g/mol. The quantitative estimate of drug-likeness (QED) is 0.768. The van der Waals surface area contributed by atoms with Crippen LogP contribution in [0, 0.1) is 0 Å². The van der Waals surface area contributed by atoms with Crippen LogP contribution in [0.15, 0.2) is 53.0 Å². The number of rotatable bonds is 6. The lowest BCUT2D eigenvalue weighted by atomic mass is 10.1. The lowest BCUT2D eigenvalue weighted by Gasteiger charge is -2.28. The van der Waals surface area contributed by atoms with Crippen molar-refractivity contribution < 1.29 is 9.59 Å². The van der Waals surface area contributed by atoms with Crippen LogP contribution in [0.25, 0.3) is 0 Å². The molecule has 0 fully saturated rings. The molecule has 1 atom stereocenters. The molecule has 2 aromatic rings. The molecule has 1 N–H and O–H groups in total. The van der Waals surface area contributed by atoms with Crippen LogP contribution in [-0.2, 0) is 22.6 Å². The summed E-state index contributed by atoms with van der Waals surface area (Å²) >= 11 is 9.56. The van der Waals surface area contributed by atoms with Crippen LogP contribution in [0.3, 0.4) is 0 Å². The van der Waals surface area contributed by atoms with Crippen molar-refractivity contribution in [1.82, 2.24) is 10.2 Å². The molecule has 0 aliphatic heterocycles. The Balaban J connectivity index is 2.23. The molecule has 2 rings (SSSR count). The minimum atomic E-state index is -0.580. The third-order valence-corrected chi connectivity index (χ3v) is 4.88. The maximum atomic E-state index is 12.9. The van der Waals surface area contributed by atoms with Gasteiger partial charge in [-0.25, -0.2) is 0 Å². The van der Waals surface area contributed by atoms with Gasteiger partial charge in [-0.05, 0) is 36.2 Å². The zero-order valence-corrected chi connectivity index (χ0v) is 16.5. The number of halogens is 2. The van der Waals surface area contributed by atoms with Crippen molar-refractivity contribution >= 4 is 39.3 Å². The van der Waals surface area contributed by atoms with Crippen molar-refractivity contribution in [3.63, 3.8) is 0 Å². The summed E-state index contributed by atoms with van der Waals surface area (Å²) in [6, 6.07) is 14.3. The fraction of sp³-hybridized carbons (Fsp3) is 0.263. The van der Waals surface area contributed by atoms with E-state index in [0.29, 0.717) is 11.6 Å². The smallest absolute Gasteiger partial charge is 0.242 e. The maximum absolute atomic E-state index is 12.9. The first-order valence-corrected chi connectivity index (χ1v) is 9.08. The van der Waals surface area contributed by atoms with E-state index < -0.39 is 6.04 Å².